The van der Waals surface area contributed by atoms with Crippen LogP contribution in [-0.2, 0) is 25.4 Å². The zero-order valence-electron chi connectivity index (χ0n) is 14.0. The number of aromatic nitrogens is 6. The van der Waals surface area contributed by atoms with E-state index < -0.39 is 0 Å². The first-order valence-electron chi connectivity index (χ1n) is 7.53. The Morgan fingerprint density at radius 3 is 2.62 bits per heavy atom. The van der Waals surface area contributed by atoms with Crippen molar-refractivity contribution in [3.63, 3.8) is 0 Å². The topological polar surface area (TPSA) is 99.6 Å². The molecule has 0 aliphatic heterocycles. The molecule has 3 rings (SSSR count). The summed E-state index contributed by atoms with van der Waals surface area (Å²) in [7, 11) is 3.56. The molecule has 9 heteroatoms. The summed E-state index contributed by atoms with van der Waals surface area (Å²) in [6, 6.07) is -0.197. The standard InChI is InChI=1S/C15H19N7O2/c1-9(11-5-17-20(3)10(11)2)19-13(23)7-22-8-16-14-12(15(22)24)6-18-21(14)4/h5-6,8-9H,7H2,1-4H3,(H,19,23)/t9-/m0/s1. The Bertz CT molecular complexity index is 966. The van der Waals surface area contributed by atoms with Crippen molar-refractivity contribution in [1.82, 2.24) is 34.4 Å². The largest absolute Gasteiger partial charge is 0.348 e. The minimum atomic E-state index is -0.284. The SMILES string of the molecule is Cc1c([C@H](C)NC(=O)Cn2cnc3c(cnn3C)c2=O)cnn1C. The van der Waals surface area contributed by atoms with E-state index in [1.807, 2.05) is 20.9 Å². The Hall–Kier alpha value is -2.97. The quantitative estimate of drug-likeness (QED) is 0.729. The molecule has 0 aliphatic rings. The Labute approximate surface area is 137 Å². The minimum absolute atomic E-state index is 0.0969. The maximum Gasteiger partial charge on any atom is 0.264 e. The lowest BCUT2D eigenvalue weighted by molar-refractivity contribution is -0.122. The van der Waals surface area contributed by atoms with Crippen LogP contribution in [0.25, 0.3) is 11.0 Å². The molecule has 24 heavy (non-hydrogen) atoms. The summed E-state index contributed by atoms with van der Waals surface area (Å²) in [5.41, 5.74) is 2.14. The number of fused-ring (bicyclic) bond motifs is 1. The van der Waals surface area contributed by atoms with Crippen LogP contribution in [0.15, 0.2) is 23.5 Å². The predicted octanol–water partition coefficient (Wildman–Crippen LogP) is 0.0493. The summed E-state index contributed by atoms with van der Waals surface area (Å²) in [4.78, 5) is 28.8. The molecule has 9 nitrogen and oxygen atoms in total. The molecular weight excluding hydrogens is 310 g/mol. The number of aryl methyl sites for hydroxylation is 2. The summed E-state index contributed by atoms with van der Waals surface area (Å²) >= 11 is 0. The highest BCUT2D eigenvalue weighted by Gasteiger charge is 2.16. The van der Waals surface area contributed by atoms with Crippen LogP contribution in [0.1, 0.15) is 24.2 Å². The number of nitrogens with zero attached hydrogens (tertiary/aromatic N) is 6. The van der Waals surface area contributed by atoms with Gasteiger partial charge in [0, 0.05) is 25.4 Å². The number of hydrogen-bond acceptors (Lipinski definition) is 5. The van der Waals surface area contributed by atoms with Gasteiger partial charge < -0.3 is 5.32 Å². The van der Waals surface area contributed by atoms with Crippen molar-refractivity contribution in [2.45, 2.75) is 26.4 Å². The van der Waals surface area contributed by atoms with Crippen molar-refractivity contribution < 1.29 is 4.79 Å². The molecule has 0 saturated heterocycles. The fourth-order valence-electron chi connectivity index (χ4n) is 2.64. The highest BCUT2D eigenvalue weighted by atomic mass is 16.2. The van der Waals surface area contributed by atoms with Gasteiger partial charge in [0.25, 0.3) is 5.56 Å². The number of carbonyl (C=O) groups is 1. The lowest BCUT2D eigenvalue weighted by atomic mass is 10.1. The molecule has 0 bridgehead atoms. The monoisotopic (exact) mass is 329 g/mol. The van der Waals surface area contributed by atoms with E-state index in [1.165, 1.54) is 21.8 Å². The second-order valence-electron chi connectivity index (χ2n) is 5.78. The van der Waals surface area contributed by atoms with Crippen LogP contribution in [0.5, 0.6) is 0 Å². The third kappa shape index (κ3) is 2.68. The van der Waals surface area contributed by atoms with Gasteiger partial charge in [-0.2, -0.15) is 10.2 Å². The van der Waals surface area contributed by atoms with E-state index in [0.717, 1.165) is 11.3 Å². The van der Waals surface area contributed by atoms with E-state index in [0.29, 0.717) is 11.0 Å². The summed E-state index contributed by atoms with van der Waals surface area (Å²) in [6.07, 6.45) is 4.56. The predicted molar refractivity (Wildman–Crippen MR) is 87.3 cm³/mol. The van der Waals surface area contributed by atoms with E-state index in [2.05, 4.69) is 20.5 Å². The molecule has 3 aromatic heterocycles. The van der Waals surface area contributed by atoms with Crippen molar-refractivity contribution in [1.29, 1.82) is 0 Å². The number of nitrogens with one attached hydrogen (secondary N) is 1. The van der Waals surface area contributed by atoms with Crippen LogP contribution in [-0.4, -0.2) is 35.0 Å². The maximum atomic E-state index is 12.4. The Kier molecular flexibility index (Phi) is 3.92. The summed E-state index contributed by atoms with van der Waals surface area (Å²) in [6.45, 7) is 3.73. The van der Waals surface area contributed by atoms with E-state index in [1.54, 1.807) is 17.9 Å². The molecule has 0 fully saturated rings. The van der Waals surface area contributed by atoms with Crippen molar-refractivity contribution in [3.05, 3.63) is 40.3 Å². The van der Waals surface area contributed by atoms with Crippen LogP contribution in [0.2, 0.25) is 0 Å². The average molecular weight is 329 g/mol. The van der Waals surface area contributed by atoms with Gasteiger partial charge in [-0.3, -0.25) is 23.5 Å². The van der Waals surface area contributed by atoms with Crippen molar-refractivity contribution in [2.24, 2.45) is 14.1 Å². The van der Waals surface area contributed by atoms with Crippen LogP contribution >= 0.6 is 0 Å². The molecule has 3 aromatic rings. The lowest BCUT2D eigenvalue weighted by Gasteiger charge is -2.14. The second-order valence-corrected chi connectivity index (χ2v) is 5.78. The highest BCUT2D eigenvalue weighted by Crippen LogP contribution is 2.15. The minimum Gasteiger partial charge on any atom is -0.348 e. The summed E-state index contributed by atoms with van der Waals surface area (Å²) < 4.78 is 4.55. The number of carbonyl (C=O) groups excluding carboxylic acids is 1. The van der Waals surface area contributed by atoms with Gasteiger partial charge in [-0.15, -0.1) is 0 Å². The van der Waals surface area contributed by atoms with Gasteiger partial charge in [0.1, 0.15) is 18.3 Å². The zero-order chi connectivity index (χ0) is 17.4. The van der Waals surface area contributed by atoms with Gasteiger partial charge in [0.2, 0.25) is 5.91 Å². The zero-order valence-corrected chi connectivity index (χ0v) is 14.0. The number of rotatable bonds is 4. The molecule has 0 saturated carbocycles. The lowest BCUT2D eigenvalue weighted by Crippen LogP contribution is -2.34. The Balaban J connectivity index is 1.76. The van der Waals surface area contributed by atoms with Crippen LogP contribution < -0.4 is 10.9 Å². The van der Waals surface area contributed by atoms with Gasteiger partial charge in [0.15, 0.2) is 5.65 Å². The molecule has 1 amide bonds. The molecule has 0 radical (unpaired) electrons. The fraction of sp³-hybridized carbons (Fsp3) is 0.400. The van der Waals surface area contributed by atoms with Crippen LogP contribution in [0.4, 0.5) is 0 Å². The normalized spacial score (nSPS) is 12.5. The van der Waals surface area contributed by atoms with Gasteiger partial charge in [-0.1, -0.05) is 0 Å². The van der Waals surface area contributed by atoms with E-state index in [-0.39, 0.29) is 24.1 Å². The van der Waals surface area contributed by atoms with Crippen LogP contribution in [0, 0.1) is 6.92 Å². The molecule has 0 aliphatic carbocycles. The Morgan fingerprint density at radius 2 is 1.96 bits per heavy atom. The molecule has 0 aromatic carbocycles. The first kappa shape index (κ1) is 15.9. The molecule has 1 N–H and O–H groups in total. The second kappa shape index (κ2) is 5.91. The molecule has 1 atom stereocenters. The fourth-order valence-corrected chi connectivity index (χ4v) is 2.64. The van der Waals surface area contributed by atoms with E-state index in [9.17, 15) is 9.59 Å². The maximum absolute atomic E-state index is 12.4. The third-order valence-corrected chi connectivity index (χ3v) is 4.15. The molecule has 3 heterocycles. The average Bonchev–Trinajstić information content (AvgIpc) is 3.07. The molecular formula is C15H19N7O2. The Morgan fingerprint density at radius 1 is 1.25 bits per heavy atom. The molecule has 126 valence electrons. The first-order valence-corrected chi connectivity index (χ1v) is 7.53. The molecule has 0 unspecified atom stereocenters. The molecule has 0 spiro atoms. The van der Waals surface area contributed by atoms with Crippen LogP contribution in [0.3, 0.4) is 0 Å². The van der Waals surface area contributed by atoms with Gasteiger partial charge in [-0.25, -0.2) is 4.98 Å². The third-order valence-electron chi connectivity index (χ3n) is 4.15. The van der Waals surface area contributed by atoms with Crippen molar-refractivity contribution in [2.75, 3.05) is 0 Å². The van der Waals surface area contributed by atoms with Gasteiger partial charge in [-0.05, 0) is 13.8 Å². The van der Waals surface area contributed by atoms with Crippen molar-refractivity contribution in [3.8, 4) is 0 Å². The summed E-state index contributed by atoms with van der Waals surface area (Å²) in [5.74, 6) is -0.266. The van der Waals surface area contributed by atoms with E-state index in [4.69, 9.17) is 0 Å². The van der Waals surface area contributed by atoms with Crippen molar-refractivity contribution >= 4 is 16.9 Å². The van der Waals surface area contributed by atoms with E-state index >= 15 is 0 Å². The van der Waals surface area contributed by atoms with Gasteiger partial charge in [0.05, 0.1) is 18.4 Å². The number of hydrogen-bond donors (Lipinski definition) is 1. The summed E-state index contributed by atoms with van der Waals surface area (Å²) in [5, 5.41) is 11.4. The first-order chi connectivity index (χ1) is 11.4. The van der Waals surface area contributed by atoms with Gasteiger partial charge >= 0.3 is 0 Å². The highest BCUT2D eigenvalue weighted by molar-refractivity contribution is 5.77. The smallest absolute Gasteiger partial charge is 0.264 e. The number of amides is 1.